The van der Waals surface area contributed by atoms with E-state index in [4.69, 9.17) is 9.97 Å². The van der Waals surface area contributed by atoms with Crippen LogP contribution >= 0.6 is 11.8 Å². The summed E-state index contributed by atoms with van der Waals surface area (Å²) in [7, 11) is 0. The van der Waals surface area contributed by atoms with Gasteiger partial charge in [-0.25, -0.2) is 9.97 Å². The molecule has 7 aromatic carbocycles. The number of hydrogen-bond donors (Lipinski definition) is 0. The first kappa shape index (κ1) is 31.7. The molecule has 0 N–H and O–H groups in total. The van der Waals surface area contributed by atoms with Crippen LogP contribution in [-0.2, 0) is 10.8 Å². The van der Waals surface area contributed by atoms with Crippen LogP contribution in [0.5, 0.6) is 0 Å². The molecule has 2 heterocycles. The largest absolute Gasteiger partial charge is 0.228 e. The quantitative estimate of drug-likeness (QED) is 0.183. The Balaban J connectivity index is 1.25. The predicted molar refractivity (Wildman–Crippen MR) is 218 cm³/mol. The Bertz CT molecular complexity index is 2620. The van der Waals surface area contributed by atoms with Crippen molar-refractivity contribution >= 4 is 11.8 Å². The van der Waals surface area contributed by atoms with Crippen molar-refractivity contribution in [2.75, 3.05) is 0 Å². The fraction of sp³-hybridized carbons (Fsp3) is 0.0800. The molecule has 0 saturated heterocycles. The van der Waals surface area contributed by atoms with Crippen molar-refractivity contribution < 1.29 is 0 Å². The molecule has 0 atom stereocenters. The Hall–Kier alpha value is -6.03. The highest BCUT2D eigenvalue weighted by Crippen LogP contribution is 2.62. The number of benzene rings is 7. The van der Waals surface area contributed by atoms with E-state index >= 15 is 0 Å². The molecule has 0 amide bonds. The highest BCUT2D eigenvalue weighted by molar-refractivity contribution is 7.99. The van der Waals surface area contributed by atoms with Crippen molar-refractivity contribution in [3.8, 4) is 45.0 Å². The first-order valence-corrected chi connectivity index (χ1v) is 19.1. The molecule has 0 bridgehead atoms. The van der Waals surface area contributed by atoms with Gasteiger partial charge in [0.1, 0.15) is 0 Å². The maximum absolute atomic E-state index is 5.44. The molecule has 0 fully saturated rings. The lowest BCUT2D eigenvalue weighted by molar-refractivity contribution is 0.550. The van der Waals surface area contributed by atoms with Gasteiger partial charge in [0, 0.05) is 31.9 Å². The number of hydrogen-bond acceptors (Lipinski definition) is 3. The third kappa shape index (κ3) is 4.88. The normalized spacial score (nSPS) is 14.5. The highest BCUT2D eigenvalue weighted by atomic mass is 32.2. The molecule has 0 radical (unpaired) electrons. The van der Waals surface area contributed by atoms with Gasteiger partial charge < -0.3 is 0 Å². The van der Waals surface area contributed by atoms with Crippen LogP contribution in [0.3, 0.4) is 0 Å². The summed E-state index contributed by atoms with van der Waals surface area (Å²) in [6, 6.07) is 65.9. The van der Waals surface area contributed by atoms with Crippen LogP contribution in [0.15, 0.2) is 192 Å². The predicted octanol–water partition coefficient (Wildman–Crippen LogP) is 12.6. The molecule has 8 aromatic rings. The van der Waals surface area contributed by atoms with Crippen molar-refractivity contribution in [1.29, 1.82) is 0 Å². The number of aromatic nitrogens is 2. The maximum atomic E-state index is 5.44. The topological polar surface area (TPSA) is 25.8 Å². The zero-order valence-electron chi connectivity index (χ0n) is 29.6. The summed E-state index contributed by atoms with van der Waals surface area (Å²) >= 11 is 1.88. The number of fused-ring (bicyclic) bond motifs is 8. The molecular formula is C50H36N2S. The molecule has 0 unspecified atom stereocenters. The standard InChI is InChI=1S/C50H36N2S/c1-49(2)38-21-9-10-22-39(38)50(40-23-11-13-26-45(40)53-46-27-14-12-24-41(46)50)42-25-15-20-37(47(42)49)44-32-43(35-18-7-4-8-19-35)51-48(52-44)36-30-28-34(29-31-36)33-16-5-3-6-17-33/h3-32H,1-2H3. The molecule has 0 saturated carbocycles. The van der Waals surface area contributed by atoms with Gasteiger partial charge in [0.15, 0.2) is 5.82 Å². The lowest BCUT2D eigenvalue weighted by Gasteiger charge is -2.50. The number of rotatable bonds is 4. The van der Waals surface area contributed by atoms with Gasteiger partial charge >= 0.3 is 0 Å². The van der Waals surface area contributed by atoms with E-state index in [1.807, 2.05) is 11.8 Å². The van der Waals surface area contributed by atoms with Crippen LogP contribution in [0.1, 0.15) is 47.2 Å². The average Bonchev–Trinajstić information content (AvgIpc) is 3.23. The minimum atomic E-state index is -0.499. The van der Waals surface area contributed by atoms with Crippen LogP contribution in [-0.4, -0.2) is 9.97 Å². The summed E-state index contributed by atoms with van der Waals surface area (Å²) in [6.07, 6.45) is 0. The van der Waals surface area contributed by atoms with Crippen molar-refractivity contribution in [2.24, 2.45) is 0 Å². The van der Waals surface area contributed by atoms with E-state index < -0.39 is 5.41 Å². The van der Waals surface area contributed by atoms with E-state index in [1.165, 1.54) is 54.3 Å². The van der Waals surface area contributed by atoms with Gasteiger partial charge in [-0.3, -0.25) is 0 Å². The third-order valence-electron chi connectivity index (χ3n) is 11.2. The molecular weight excluding hydrogens is 661 g/mol. The summed E-state index contributed by atoms with van der Waals surface area (Å²) < 4.78 is 0. The third-order valence-corrected chi connectivity index (χ3v) is 12.4. The fourth-order valence-electron chi connectivity index (χ4n) is 8.87. The molecule has 252 valence electrons. The van der Waals surface area contributed by atoms with Crippen LogP contribution in [0.4, 0.5) is 0 Å². The van der Waals surface area contributed by atoms with E-state index in [9.17, 15) is 0 Å². The monoisotopic (exact) mass is 696 g/mol. The Morgan fingerprint density at radius 3 is 1.55 bits per heavy atom. The van der Waals surface area contributed by atoms with Gasteiger partial charge in [0.25, 0.3) is 0 Å². The van der Waals surface area contributed by atoms with E-state index in [1.54, 1.807) is 0 Å². The van der Waals surface area contributed by atoms with E-state index in [0.717, 1.165) is 28.1 Å². The first-order valence-electron chi connectivity index (χ1n) is 18.2. The van der Waals surface area contributed by atoms with Crippen molar-refractivity contribution in [2.45, 2.75) is 34.5 Å². The average molecular weight is 697 g/mol. The second-order valence-electron chi connectivity index (χ2n) is 14.5. The molecule has 1 aromatic heterocycles. The van der Waals surface area contributed by atoms with Crippen LogP contribution in [0, 0.1) is 0 Å². The molecule has 1 aliphatic carbocycles. The Labute approximate surface area is 315 Å². The smallest absolute Gasteiger partial charge is 0.160 e. The summed E-state index contributed by atoms with van der Waals surface area (Å²) in [5.41, 5.74) is 14.5. The Morgan fingerprint density at radius 2 is 0.887 bits per heavy atom. The van der Waals surface area contributed by atoms with Gasteiger partial charge in [-0.2, -0.15) is 0 Å². The van der Waals surface area contributed by atoms with E-state index in [-0.39, 0.29) is 5.41 Å². The van der Waals surface area contributed by atoms with Gasteiger partial charge in [-0.1, -0.05) is 189 Å². The Kier molecular flexibility index (Phi) is 7.35. The van der Waals surface area contributed by atoms with Crippen molar-refractivity contribution in [1.82, 2.24) is 9.97 Å². The molecule has 3 heteroatoms. The van der Waals surface area contributed by atoms with Crippen molar-refractivity contribution in [3.63, 3.8) is 0 Å². The lowest BCUT2D eigenvalue weighted by Crippen LogP contribution is -2.43. The molecule has 1 spiro atoms. The SMILES string of the molecule is CC1(C)c2ccccc2C2(c3ccccc3Sc3ccccc32)c2cccc(-c3cc(-c4ccccc4)nc(-c4ccc(-c5ccccc5)cc4)n3)c21. The molecule has 2 aliphatic rings. The van der Waals surface area contributed by atoms with Crippen molar-refractivity contribution in [3.05, 3.63) is 215 Å². The van der Waals surface area contributed by atoms with Gasteiger partial charge in [-0.15, -0.1) is 0 Å². The lowest BCUT2D eigenvalue weighted by atomic mass is 9.53. The van der Waals surface area contributed by atoms with E-state index in [0.29, 0.717) is 5.82 Å². The second kappa shape index (κ2) is 12.3. The minimum absolute atomic E-state index is 0.322. The second-order valence-corrected chi connectivity index (χ2v) is 15.6. The zero-order valence-corrected chi connectivity index (χ0v) is 30.4. The Morgan fingerprint density at radius 1 is 0.396 bits per heavy atom. The van der Waals surface area contributed by atoms with E-state index in [2.05, 4.69) is 196 Å². The van der Waals surface area contributed by atoms with Gasteiger partial charge in [0.05, 0.1) is 16.8 Å². The molecule has 53 heavy (non-hydrogen) atoms. The highest BCUT2D eigenvalue weighted by Gasteiger charge is 2.52. The summed E-state index contributed by atoms with van der Waals surface area (Å²) in [4.78, 5) is 13.2. The van der Waals surface area contributed by atoms with Gasteiger partial charge in [0.2, 0.25) is 0 Å². The summed E-state index contributed by atoms with van der Waals surface area (Å²) in [5.74, 6) is 0.715. The van der Waals surface area contributed by atoms with Crippen LogP contribution in [0.25, 0.3) is 45.0 Å². The fourth-order valence-corrected chi connectivity index (χ4v) is 10.1. The molecule has 1 aliphatic heterocycles. The first-order chi connectivity index (χ1) is 26.0. The number of nitrogens with zero attached hydrogens (tertiary/aromatic N) is 2. The molecule has 10 rings (SSSR count). The molecule has 2 nitrogen and oxygen atoms in total. The maximum Gasteiger partial charge on any atom is 0.160 e. The zero-order chi connectivity index (χ0) is 35.6. The van der Waals surface area contributed by atoms with Crippen LogP contribution < -0.4 is 0 Å². The summed E-state index contributed by atoms with van der Waals surface area (Å²) in [6.45, 7) is 4.78. The summed E-state index contributed by atoms with van der Waals surface area (Å²) in [5, 5.41) is 0. The van der Waals surface area contributed by atoms with Gasteiger partial charge in [-0.05, 0) is 62.7 Å². The van der Waals surface area contributed by atoms with Crippen LogP contribution in [0.2, 0.25) is 0 Å². The minimum Gasteiger partial charge on any atom is -0.228 e.